The number of carbonyl (C=O) groups is 1. The monoisotopic (exact) mass is 296 g/mol. The van der Waals surface area contributed by atoms with Crippen LogP contribution < -0.4 is 0 Å². The van der Waals surface area contributed by atoms with Crippen molar-refractivity contribution >= 4 is 23.2 Å². The average Bonchev–Trinajstić information content (AvgIpc) is 2.98. The standard InChI is InChI=1S/C14H17ClN2O3/c15-9-10-16(12-3-1-2-4-12)14(18)11-5-7-13(8-6-11)17(19)20/h5-8,12H,1-4,9-10H2. The van der Waals surface area contributed by atoms with Gasteiger partial charge in [0.2, 0.25) is 0 Å². The van der Waals surface area contributed by atoms with E-state index in [4.69, 9.17) is 11.6 Å². The van der Waals surface area contributed by atoms with Crippen LogP contribution in [0.15, 0.2) is 24.3 Å². The molecule has 0 aromatic heterocycles. The lowest BCUT2D eigenvalue weighted by atomic mass is 10.1. The second-order valence-corrected chi connectivity index (χ2v) is 5.31. The summed E-state index contributed by atoms with van der Waals surface area (Å²) in [6.45, 7) is 0.516. The first-order chi connectivity index (χ1) is 9.63. The van der Waals surface area contributed by atoms with Gasteiger partial charge < -0.3 is 4.90 Å². The summed E-state index contributed by atoms with van der Waals surface area (Å²) in [6, 6.07) is 5.99. The Kier molecular flexibility index (Phi) is 4.95. The SMILES string of the molecule is O=C(c1ccc([N+](=O)[O-])cc1)N(CCCl)C1CCCC1. The van der Waals surface area contributed by atoms with Crippen LogP contribution >= 0.6 is 11.6 Å². The average molecular weight is 297 g/mol. The molecule has 1 saturated carbocycles. The number of nitro groups is 1. The Balaban J connectivity index is 2.15. The number of hydrogen-bond acceptors (Lipinski definition) is 3. The molecule has 108 valence electrons. The lowest BCUT2D eigenvalue weighted by Gasteiger charge is -2.28. The summed E-state index contributed by atoms with van der Waals surface area (Å²) < 4.78 is 0. The highest BCUT2D eigenvalue weighted by atomic mass is 35.5. The predicted molar refractivity (Wildman–Crippen MR) is 77.1 cm³/mol. The summed E-state index contributed by atoms with van der Waals surface area (Å²) in [5.74, 6) is 0.308. The molecule has 5 nitrogen and oxygen atoms in total. The second-order valence-electron chi connectivity index (χ2n) is 4.93. The number of amides is 1. The molecule has 0 bridgehead atoms. The largest absolute Gasteiger partial charge is 0.334 e. The fourth-order valence-corrected chi connectivity index (χ4v) is 2.83. The van der Waals surface area contributed by atoms with Gasteiger partial charge in [0.25, 0.3) is 11.6 Å². The first kappa shape index (κ1) is 14.8. The third-order valence-corrected chi connectivity index (χ3v) is 3.85. The normalized spacial score (nSPS) is 15.2. The van der Waals surface area contributed by atoms with Crippen molar-refractivity contribution in [1.82, 2.24) is 4.90 Å². The summed E-state index contributed by atoms with van der Waals surface area (Å²) in [7, 11) is 0. The van der Waals surface area contributed by atoms with Crippen molar-refractivity contribution in [1.29, 1.82) is 0 Å². The highest BCUT2D eigenvalue weighted by Crippen LogP contribution is 2.25. The van der Waals surface area contributed by atoms with E-state index >= 15 is 0 Å². The molecule has 0 aliphatic heterocycles. The molecule has 1 aromatic rings. The van der Waals surface area contributed by atoms with Crippen LogP contribution in [0.4, 0.5) is 5.69 Å². The van der Waals surface area contributed by atoms with Crippen molar-refractivity contribution in [3.63, 3.8) is 0 Å². The number of nitrogens with zero attached hydrogens (tertiary/aromatic N) is 2. The summed E-state index contributed by atoms with van der Waals surface area (Å²) >= 11 is 5.79. The minimum Gasteiger partial charge on any atom is -0.334 e. The van der Waals surface area contributed by atoms with E-state index < -0.39 is 4.92 Å². The van der Waals surface area contributed by atoms with Crippen LogP contribution in [0.2, 0.25) is 0 Å². The number of hydrogen-bond donors (Lipinski definition) is 0. The maximum Gasteiger partial charge on any atom is 0.269 e. The van der Waals surface area contributed by atoms with E-state index in [0.717, 1.165) is 25.7 Å². The van der Waals surface area contributed by atoms with Gasteiger partial charge in [-0.1, -0.05) is 12.8 Å². The van der Waals surface area contributed by atoms with Gasteiger partial charge >= 0.3 is 0 Å². The second kappa shape index (κ2) is 6.70. The van der Waals surface area contributed by atoms with E-state index in [0.29, 0.717) is 18.0 Å². The Bertz CT molecular complexity index is 484. The van der Waals surface area contributed by atoms with E-state index in [1.165, 1.54) is 24.3 Å². The molecule has 2 rings (SSSR count). The van der Waals surface area contributed by atoms with Crippen LogP contribution in [0.1, 0.15) is 36.0 Å². The van der Waals surface area contributed by atoms with Crippen molar-refractivity contribution in [2.45, 2.75) is 31.7 Å². The van der Waals surface area contributed by atoms with Crippen LogP contribution in [0.25, 0.3) is 0 Å². The Morgan fingerprint density at radius 1 is 1.30 bits per heavy atom. The zero-order valence-electron chi connectivity index (χ0n) is 11.1. The molecule has 0 unspecified atom stereocenters. The van der Waals surface area contributed by atoms with E-state index in [1.54, 1.807) is 4.90 Å². The predicted octanol–water partition coefficient (Wildman–Crippen LogP) is 3.22. The number of carbonyl (C=O) groups excluding carboxylic acids is 1. The molecule has 0 atom stereocenters. The fourth-order valence-electron chi connectivity index (χ4n) is 2.65. The van der Waals surface area contributed by atoms with Gasteiger partial charge in [-0.2, -0.15) is 0 Å². The number of alkyl halides is 1. The Morgan fingerprint density at radius 3 is 2.40 bits per heavy atom. The summed E-state index contributed by atoms with van der Waals surface area (Å²) in [4.78, 5) is 24.5. The summed E-state index contributed by atoms with van der Waals surface area (Å²) in [6.07, 6.45) is 4.29. The van der Waals surface area contributed by atoms with Crippen LogP contribution in [0.5, 0.6) is 0 Å². The molecule has 1 aliphatic rings. The number of rotatable bonds is 5. The van der Waals surface area contributed by atoms with Crippen molar-refractivity contribution in [2.75, 3.05) is 12.4 Å². The quantitative estimate of drug-likeness (QED) is 0.476. The number of benzene rings is 1. The Morgan fingerprint density at radius 2 is 1.90 bits per heavy atom. The summed E-state index contributed by atoms with van der Waals surface area (Å²) in [5, 5.41) is 10.6. The van der Waals surface area contributed by atoms with E-state index in [1.807, 2.05) is 0 Å². The molecule has 6 heteroatoms. The first-order valence-electron chi connectivity index (χ1n) is 6.75. The first-order valence-corrected chi connectivity index (χ1v) is 7.28. The summed E-state index contributed by atoms with van der Waals surface area (Å²) in [5.41, 5.74) is 0.471. The zero-order valence-corrected chi connectivity index (χ0v) is 11.9. The lowest BCUT2D eigenvalue weighted by Crippen LogP contribution is -2.40. The van der Waals surface area contributed by atoms with E-state index in [2.05, 4.69) is 0 Å². The van der Waals surface area contributed by atoms with Crippen LogP contribution in [-0.4, -0.2) is 34.2 Å². The number of halogens is 1. The maximum atomic E-state index is 12.5. The fraction of sp³-hybridized carbons (Fsp3) is 0.500. The highest BCUT2D eigenvalue weighted by molar-refractivity contribution is 6.18. The molecule has 1 amide bonds. The molecule has 0 spiro atoms. The molecular weight excluding hydrogens is 280 g/mol. The zero-order chi connectivity index (χ0) is 14.5. The van der Waals surface area contributed by atoms with Crippen molar-refractivity contribution in [2.24, 2.45) is 0 Å². The Labute approximate surface area is 122 Å². The van der Waals surface area contributed by atoms with Crippen LogP contribution in [-0.2, 0) is 0 Å². The van der Waals surface area contributed by atoms with Crippen molar-refractivity contribution in [3.8, 4) is 0 Å². The van der Waals surface area contributed by atoms with Gasteiger partial charge in [0.1, 0.15) is 0 Å². The molecule has 0 radical (unpaired) electrons. The molecule has 0 N–H and O–H groups in total. The minimum atomic E-state index is -0.470. The molecule has 1 aromatic carbocycles. The van der Waals surface area contributed by atoms with Crippen molar-refractivity contribution < 1.29 is 9.72 Å². The van der Waals surface area contributed by atoms with Crippen LogP contribution in [0, 0.1) is 10.1 Å². The van der Waals surface area contributed by atoms with Gasteiger partial charge in [-0.05, 0) is 25.0 Å². The third-order valence-electron chi connectivity index (χ3n) is 3.68. The van der Waals surface area contributed by atoms with E-state index in [9.17, 15) is 14.9 Å². The lowest BCUT2D eigenvalue weighted by molar-refractivity contribution is -0.384. The van der Waals surface area contributed by atoms with E-state index in [-0.39, 0.29) is 17.6 Å². The van der Waals surface area contributed by atoms with Crippen LogP contribution in [0.3, 0.4) is 0 Å². The molecule has 0 saturated heterocycles. The molecule has 0 heterocycles. The molecule has 20 heavy (non-hydrogen) atoms. The van der Waals surface area contributed by atoms with Gasteiger partial charge in [-0.15, -0.1) is 11.6 Å². The van der Waals surface area contributed by atoms with Gasteiger partial charge in [-0.25, -0.2) is 0 Å². The smallest absolute Gasteiger partial charge is 0.269 e. The molecule has 1 fully saturated rings. The topological polar surface area (TPSA) is 63.4 Å². The number of non-ortho nitro benzene ring substituents is 1. The van der Waals surface area contributed by atoms with Gasteiger partial charge in [0.15, 0.2) is 0 Å². The van der Waals surface area contributed by atoms with Crippen molar-refractivity contribution in [3.05, 3.63) is 39.9 Å². The minimum absolute atomic E-state index is 0.00805. The molecular formula is C14H17ClN2O3. The van der Waals surface area contributed by atoms with Gasteiger partial charge in [0.05, 0.1) is 4.92 Å². The maximum absolute atomic E-state index is 12.5. The Hall–Kier alpha value is -1.62. The van der Waals surface area contributed by atoms with Gasteiger partial charge in [-0.3, -0.25) is 14.9 Å². The molecule has 1 aliphatic carbocycles. The highest BCUT2D eigenvalue weighted by Gasteiger charge is 2.27. The third kappa shape index (κ3) is 3.28. The van der Waals surface area contributed by atoms with Gasteiger partial charge in [0, 0.05) is 36.2 Å². The number of nitro benzene ring substituents is 1.